The highest BCUT2D eigenvalue weighted by atomic mass is 32.2. The molecule has 144 valence electrons. The van der Waals surface area contributed by atoms with E-state index in [1.807, 2.05) is 38.1 Å². The molecule has 0 radical (unpaired) electrons. The van der Waals surface area contributed by atoms with Crippen LogP contribution in [-0.2, 0) is 0 Å². The number of rotatable bonds is 5. The predicted octanol–water partition coefficient (Wildman–Crippen LogP) is 5.53. The van der Waals surface area contributed by atoms with Gasteiger partial charge in [0.2, 0.25) is 11.8 Å². The van der Waals surface area contributed by atoms with Crippen molar-refractivity contribution in [1.29, 1.82) is 0 Å². The zero-order chi connectivity index (χ0) is 19.8. The maximum Gasteiger partial charge on any atom is 0.247 e. The third-order valence-corrected chi connectivity index (χ3v) is 6.70. The molecule has 8 heteroatoms. The van der Waals surface area contributed by atoms with Crippen LogP contribution in [0.3, 0.4) is 0 Å². The highest BCUT2D eigenvalue weighted by Crippen LogP contribution is 2.41. The molecule has 4 rings (SSSR count). The average molecular weight is 413 g/mol. The van der Waals surface area contributed by atoms with Gasteiger partial charge in [-0.15, -0.1) is 21.5 Å². The van der Waals surface area contributed by atoms with E-state index in [9.17, 15) is 0 Å². The third-order valence-electron chi connectivity index (χ3n) is 4.52. The molecule has 6 nitrogen and oxygen atoms in total. The Kier molecular flexibility index (Phi) is 5.07. The molecule has 1 aromatic carbocycles. The molecule has 0 bridgehead atoms. The Morgan fingerprint density at radius 1 is 1.07 bits per heavy atom. The molecule has 0 saturated carbocycles. The molecule has 3 heterocycles. The SMILES string of the molecule is COc1ccc(-c2nnc([C@@H](C)Sc3nc(C)nc4sc(C)c(C)c34)o2)cc1. The fourth-order valence-corrected chi connectivity index (χ4v) is 5.09. The number of ether oxygens (including phenoxy) is 1. The Labute approximate surface area is 171 Å². The summed E-state index contributed by atoms with van der Waals surface area (Å²) in [7, 11) is 1.64. The van der Waals surface area contributed by atoms with Gasteiger partial charge in [-0.3, -0.25) is 0 Å². The lowest BCUT2D eigenvalue weighted by Gasteiger charge is -2.08. The minimum absolute atomic E-state index is 0.0309. The number of methoxy groups -OCH3 is 1. The number of benzene rings is 1. The summed E-state index contributed by atoms with van der Waals surface area (Å²) in [5.74, 6) is 2.63. The van der Waals surface area contributed by atoms with Crippen LogP contribution in [0, 0.1) is 20.8 Å². The smallest absolute Gasteiger partial charge is 0.247 e. The number of fused-ring (bicyclic) bond motifs is 1. The van der Waals surface area contributed by atoms with E-state index in [1.54, 1.807) is 30.2 Å². The van der Waals surface area contributed by atoms with Gasteiger partial charge in [-0.2, -0.15) is 0 Å². The van der Waals surface area contributed by atoms with Gasteiger partial charge in [0, 0.05) is 15.8 Å². The van der Waals surface area contributed by atoms with Gasteiger partial charge in [0.15, 0.2) is 0 Å². The van der Waals surface area contributed by atoms with Crippen molar-refractivity contribution >= 4 is 33.3 Å². The predicted molar refractivity (Wildman–Crippen MR) is 112 cm³/mol. The maximum absolute atomic E-state index is 5.93. The first kappa shape index (κ1) is 18.9. The van der Waals surface area contributed by atoms with Crippen molar-refractivity contribution in [2.24, 2.45) is 0 Å². The van der Waals surface area contributed by atoms with Gasteiger partial charge in [0.05, 0.1) is 12.4 Å². The van der Waals surface area contributed by atoms with Crippen molar-refractivity contribution < 1.29 is 9.15 Å². The molecule has 0 N–H and O–H groups in total. The Balaban J connectivity index is 1.62. The van der Waals surface area contributed by atoms with E-state index < -0.39 is 0 Å². The highest BCUT2D eigenvalue weighted by Gasteiger charge is 2.21. The second-order valence-electron chi connectivity index (χ2n) is 6.47. The van der Waals surface area contributed by atoms with E-state index in [0.717, 1.165) is 32.4 Å². The molecule has 0 fully saturated rings. The van der Waals surface area contributed by atoms with Crippen LogP contribution in [0.15, 0.2) is 33.7 Å². The van der Waals surface area contributed by atoms with E-state index in [1.165, 1.54) is 10.4 Å². The minimum Gasteiger partial charge on any atom is -0.497 e. The molecule has 0 unspecified atom stereocenters. The molecule has 4 aromatic rings. The molecule has 3 aromatic heterocycles. The fourth-order valence-electron chi connectivity index (χ4n) is 2.87. The van der Waals surface area contributed by atoms with E-state index in [0.29, 0.717) is 11.8 Å². The third kappa shape index (κ3) is 3.49. The van der Waals surface area contributed by atoms with E-state index >= 15 is 0 Å². The molecule has 0 saturated heterocycles. The van der Waals surface area contributed by atoms with Gasteiger partial charge in [0.25, 0.3) is 0 Å². The molecule has 0 aliphatic rings. The Morgan fingerprint density at radius 3 is 2.54 bits per heavy atom. The Hall–Kier alpha value is -2.45. The van der Waals surface area contributed by atoms with Crippen molar-refractivity contribution in [2.75, 3.05) is 7.11 Å². The van der Waals surface area contributed by atoms with Crippen LogP contribution in [0.5, 0.6) is 5.75 Å². The van der Waals surface area contributed by atoms with Crippen molar-refractivity contribution in [3.8, 4) is 17.2 Å². The lowest BCUT2D eigenvalue weighted by molar-refractivity contribution is 0.415. The summed E-state index contributed by atoms with van der Waals surface area (Å²) in [5.41, 5.74) is 2.10. The van der Waals surface area contributed by atoms with Crippen LogP contribution in [0.25, 0.3) is 21.7 Å². The number of aryl methyl sites for hydroxylation is 3. The van der Waals surface area contributed by atoms with Crippen molar-refractivity contribution in [3.63, 3.8) is 0 Å². The highest BCUT2D eigenvalue weighted by molar-refractivity contribution is 7.99. The number of nitrogens with zero attached hydrogens (tertiary/aromatic N) is 4. The Morgan fingerprint density at radius 2 is 1.82 bits per heavy atom. The molecule has 0 aliphatic heterocycles. The first-order valence-corrected chi connectivity index (χ1v) is 10.5. The standard InChI is InChI=1S/C20H20N4O2S2/c1-10-11(2)27-19-16(10)20(22-13(4)21-19)28-12(3)17-23-24-18(26-17)14-6-8-15(25-5)9-7-14/h6-9,12H,1-5H3/t12-/m1/s1. The van der Waals surface area contributed by atoms with Crippen molar-refractivity contribution in [2.45, 2.75) is 38.0 Å². The summed E-state index contributed by atoms with van der Waals surface area (Å²) >= 11 is 3.33. The van der Waals surface area contributed by atoms with Crippen LogP contribution < -0.4 is 4.74 Å². The molecular formula is C20H20N4O2S2. The maximum atomic E-state index is 5.93. The second-order valence-corrected chi connectivity index (χ2v) is 9.01. The van der Waals surface area contributed by atoms with Gasteiger partial charge in [-0.1, -0.05) is 11.8 Å². The van der Waals surface area contributed by atoms with E-state index in [-0.39, 0.29) is 5.25 Å². The van der Waals surface area contributed by atoms with Gasteiger partial charge < -0.3 is 9.15 Å². The van der Waals surface area contributed by atoms with Crippen LogP contribution >= 0.6 is 23.1 Å². The molecule has 0 aliphatic carbocycles. The quantitative estimate of drug-likeness (QED) is 0.315. The summed E-state index contributed by atoms with van der Waals surface area (Å²) in [6.45, 7) is 8.21. The summed E-state index contributed by atoms with van der Waals surface area (Å²) < 4.78 is 11.1. The zero-order valence-corrected chi connectivity index (χ0v) is 17.9. The number of hydrogen-bond donors (Lipinski definition) is 0. The number of thioether (sulfide) groups is 1. The summed E-state index contributed by atoms with van der Waals surface area (Å²) in [5, 5.41) is 10.5. The molecule has 0 spiro atoms. The Bertz CT molecular complexity index is 1140. The van der Waals surface area contributed by atoms with Crippen molar-refractivity contribution in [1.82, 2.24) is 20.2 Å². The van der Waals surface area contributed by atoms with E-state index in [2.05, 4.69) is 34.0 Å². The van der Waals surface area contributed by atoms with Gasteiger partial charge in [-0.05, 0) is 57.5 Å². The monoisotopic (exact) mass is 412 g/mol. The van der Waals surface area contributed by atoms with Crippen LogP contribution in [0.1, 0.15) is 34.3 Å². The lowest BCUT2D eigenvalue weighted by atomic mass is 10.2. The van der Waals surface area contributed by atoms with Crippen LogP contribution in [-0.4, -0.2) is 27.3 Å². The van der Waals surface area contributed by atoms with Gasteiger partial charge in [0.1, 0.15) is 21.4 Å². The van der Waals surface area contributed by atoms with E-state index in [4.69, 9.17) is 9.15 Å². The fraction of sp³-hybridized carbons (Fsp3) is 0.300. The normalized spacial score (nSPS) is 12.5. The van der Waals surface area contributed by atoms with Gasteiger partial charge in [-0.25, -0.2) is 9.97 Å². The topological polar surface area (TPSA) is 73.9 Å². The second kappa shape index (κ2) is 7.52. The van der Waals surface area contributed by atoms with Gasteiger partial charge >= 0.3 is 0 Å². The summed E-state index contributed by atoms with van der Waals surface area (Å²) in [6, 6.07) is 7.56. The largest absolute Gasteiger partial charge is 0.497 e. The summed E-state index contributed by atoms with van der Waals surface area (Å²) in [4.78, 5) is 11.6. The van der Waals surface area contributed by atoms with Crippen LogP contribution in [0.2, 0.25) is 0 Å². The molecular weight excluding hydrogens is 392 g/mol. The first-order valence-electron chi connectivity index (χ1n) is 8.85. The molecule has 28 heavy (non-hydrogen) atoms. The number of thiophene rings is 1. The van der Waals surface area contributed by atoms with Crippen molar-refractivity contribution in [3.05, 3.63) is 46.4 Å². The summed E-state index contributed by atoms with van der Waals surface area (Å²) in [6.07, 6.45) is 0. The lowest BCUT2D eigenvalue weighted by Crippen LogP contribution is -1.95. The molecule has 1 atom stereocenters. The zero-order valence-electron chi connectivity index (χ0n) is 16.3. The number of aromatic nitrogens is 4. The number of hydrogen-bond acceptors (Lipinski definition) is 8. The first-order chi connectivity index (χ1) is 13.5. The minimum atomic E-state index is -0.0309. The van der Waals surface area contributed by atoms with Crippen LogP contribution in [0.4, 0.5) is 0 Å². The molecule has 0 amide bonds. The average Bonchev–Trinajstić information content (AvgIpc) is 3.27.